The summed E-state index contributed by atoms with van der Waals surface area (Å²) in [6.07, 6.45) is 3.85. The van der Waals surface area contributed by atoms with Crippen LogP contribution in [-0.4, -0.2) is 26.7 Å². The minimum Gasteiger partial charge on any atom is -0.351 e. The van der Waals surface area contributed by atoms with Crippen molar-refractivity contribution >= 4 is 39.0 Å². The minimum atomic E-state index is 0.319. The molecule has 0 saturated carbocycles. The lowest BCUT2D eigenvalue weighted by Crippen LogP contribution is -2.30. The van der Waals surface area contributed by atoms with Gasteiger partial charge in [0.05, 0.1) is 11.6 Å². The normalized spacial score (nSPS) is 14.7. The van der Waals surface area contributed by atoms with E-state index >= 15 is 0 Å². The fraction of sp³-hybridized carbons (Fsp3) is 0.357. The number of aryl methyl sites for hydroxylation is 1. The van der Waals surface area contributed by atoms with Gasteiger partial charge in [-0.1, -0.05) is 6.92 Å². The molecule has 1 aliphatic heterocycles. The quantitative estimate of drug-likeness (QED) is 0.737. The van der Waals surface area contributed by atoms with E-state index in [2.05, 4.69) is 38.1 Å². The molecule has 0 aromatic carbocycles. The lowest BCUT2D eigenvalue weighted by atomic mass is 10.1. The molecular formula is C14H14ClN5S. The highest BCUT2D eigenvalue weighted by molar-refractivity contribution is 7.18. The Kier molecular flexibility index (Phi) is 3.08. The van der Waals surface area contributed by atoms with Crippen LogP contribution in [0.15, 0.2) is 12.3 Å². The van der Waals surface area contributed by atoms with E-state index in [9.17, 15) is 0 Å². The zero-order chi connectivity index (χ0) is 14.4. The third-order valence-electron chi connectivity index (χ3n) is 3.84. The summed E-state index contributed by atoms with van der Waals surface area (Å²) >= 11 is 7.81. The minimum absolute atomic E-state index is 0.319. The van der Waals surface area contributed by atoms with Gasteiger partial charge in [-0.05, 0) is 24.1 Å². The molecule has 108 valence electrons. The number of hydrogen-bond donors (Lipinski definition) is 1. The average Bonchev–Trinajstić information content (AvgIpc) is 3.11. The molecule has 5 nitrogen and oxygen atoms in total. The van der Waals surface area contributed by atoms with Crippen LogP contribution in [0.3, 0.4) is 0 Å². The van der Waals surface area contributed by atoms with Crippen LogP contribution in [0.2, 0.25) is 5.28 Å². The number of aromatic amines is 1. The molecule has 4 rings (SSSR count). The average molecular weight is 320 g/mol. The van der Waals surface area contributed by atoms with Crippen molar-refractivity contribution in [2.45, 2.75) is 26.3 Å². The Bertz CT molecular complexity index is 809. The number of aromatic nitrogens is 4. The lowest BCUT2D eigenvalue weighted by Gasteiger charge is -2.28. The van der Waals surface area contributed by atoms with E-state index in [1.807, 2.05) is 6.20 Å². The molecule has 0 aliphatic carbocycles. The Morgan fingerprint density at radius 3 is 3.19 bits per heavy atom. The molecule has 0 spiro atoms. The van der Waals surface area contributed by atoms with Crippen molar-refractivity contribution in [3.05, 3.63) is 33.7 Å². The number of nitrogens with zero attached hydrogens (tertiary/aromatic N) is 4. The van der Waals surface area contributed by atoms with Crippen LogP contribution in [0.25, 0.3) is 10.2 Å². The van der Waals surface area contributed by atoms with Gasteiger partial charge in [0, 0.05) is 35.6 Å². The number of fused-ring (bicyclic) bond motifs is 2. The molecule has 0 atom stereocenters. The van der Waals surface area contributed by atoms with Crippen LogP contribution < -0.4 is 4.90 Å². The fourth-order valence-electron chi connectivity index (χ4n) is 2.75. The highest BCUT2D eigenvalue weighted by atomic mass is 35.5. The van der Waals surface area contributed by atoms with E-state index in [1.165, 1.54) is 16.1 Å². The highest BCUT2D eigenvalue weighted by Crippen LogP contribution is 2.34. The van der Waals surface area contributed by atoms with Gasteiger partial charge in [-0.3, -0.25) is 5.10 Å². The zero-order valence-electron chi connectivity index (χ0n) is 11.6. The Balaban J connectivity index is 1.81. The van der Waals surface area contributed by atoms with E-state index in [1.54, 1.807) is 11.3 Å². The smallest absolute Gasteiger partial charge is 0.225 e. The zero-order valence-corrected chi connectivity index (χ0v) is 13.1. The van der Waals surface area contributed by atoms with E-state index in [4.69, 9.17) is 11.6 Å². The maximum Gasteiger partial charge on any atom is 0.225 e. The first kappa shape index (κ1) is 13.0. The second-order valence-electron chi connectivity index (χ2n) is 5.15. The van der Waals surface area contributed by atoms with E-state index in [0.29, 0.717) is 5.28 Å². The monoisotopic (exact) mass is 319 g/mol. The fourth-order valence-corrected chi connectivity index (χ4v) is 3.93. The van der Waals surface area contributed by atoms with Crippen LogP contribution in [0.5, 0.6) is 0 Å². The first-order chi connectivity index (χ1) is 10.2. The van der Waals surface area contributed by atoms with Gasteiger partial charge in [0.1, 0.15) is 10.6 Å². The summed E-state index contributed by atoms with van der Waals surface area (Å²) in [5.41, 5.74) is 2.46. The molecule has 3 aromatic rings. The predicted octanol–water partition coefficient (Wildman–Crippen LogP) is 3.19. The van der Waals surface area contributed by atoms with Gasteiger partial charge in [0.25, 0.3) is 0 Å². The number of hydrogen-bond acceptors (Lipinski definition) is 5. The van der Waals surface area contributed by atoms with Crippen LogP contribution in [0, 0.1) is 0 Å². The molecule has 4 heterocycles. The van der Waals surface area contributed by atoms with Crippen molar-refractivity contribution in [3.8, 4) is 0 Å². The standard InChI is InChI=1S/C14H14ClN5S/c1-2-9-5-10-12(17-14(15)18-13(10)21-9)20-4-3-11-8(7-20)6-16-19-11/h5-6H,2-4,7H2,1H3,(H,16,19). The molecule has 0 amide bonds. The summed E-state index contributed by atoms with van der Waals surface area (Å²) in [5.74, 6) is 0.938. The second kappa shape index (κ2) is 4.96. The molecule has 0 bridgehead atoms. The number of halogens is 1. The number of rotatable bonds is 2. The Morgan fingerprint density at radius 2 is 2.33 bits per heavy atom. The van der Waals surface area contributed by atoms with Crippen LogP contribution in [0.1, 0.15) is 23.1 Å². The molecule has 1 N–H and O–H groups in total. The van der Waals surface area contributed by atoms with Gasteiger partial charge in [0.2, 0.25) is 5.28 Å². The maximum absolute atomic E-state index is 6.11. The van der Waals surface area contributed by atoms with Gasteiger partial charge in [-0.15, -0.1) is 11.3 Å². The summed E-state index contributed by atoms with van der Waals surface area (Å²) in [6, 6.07) is 2.19. The third kappa shape index (κ3) is 2.18. The van der Waals surface area contributed by atoms with E-state index in [0.717, 1.165) is 42.0 Å². The van der Waals surface area contributed by atoms with Gasteiger partial charge in [0.15, 0.2) is 0 Å². The molecule has 0 unspecified atom stereocenters. The van der Waals surface area contributed by atoms with Crippen LogP contribution in [-0.2, 0) is 19.4 Å². The van der Waals surface area contributed by atoms with Crippen LogP contribution in [0.4, 0.5) is 5.82 Å². The third-order valence-corrected chi connectivity index (χ3v) is 5.19. The van der Waals surface area contributed by atoms with Crippen molar-refractivity contribution in [2.75, 3.05) is 11.4 Å². The molecule has 0 saturated heterocycles. The molecule has 3 aromatic heterocycles. The maximum atomic E-state index is 6.11. The van der Waals surface area contributed by atoms with Crippen molar-refractivity contribution in [1.82, 2.24) is 20.2 Å². The van der Waals surface area contributed by atoms with Crippen LogP contribution >= 0.6 is 22.9 Å². The van der Waals surface area contributed by atoms with Gasteiger partial charge >= 0.3 is 0 Å². The highest BCUT2D eigenvalue weighted by Gasteiger charge is 2.22. The summed E-state index contributed by atoms with van der Waals surface area (Å²) in [4.78, 5) is 13.4. The second-order valence-corrected chi connectivity index (χ2v) is 6.60. The molecule has 1 aliphatic rings. The molecule has 0 fully saturated rings. The molecule has 0 radical (unpaired) electrons. The largest absolute Gasteiger partial charge is 0.351 e. The first-order valence-electron chi connectivity index (χ1n) is 6.96. The predicted molar refractivity (Wildman–Crippen MR) is 85.1 cm³/mol. The van der Waals surface area contributed by atoms with Gasteiger partial charge in [-0.2, -0.15) is 10.1 Å². The molecular weight excluding hydrogens is 306 g/mol. The topological polar surface area (TPSA) is 57.7 Å². The summed E-state index contributed by atoms with van der Waals surface area (Å²) < 4.78 is 0. The number of nitrogens with one attached hydrogen (secondary N) is 1. The van der Waals surface area contributed by atoms with Gasteiger partial charge in [-0.25, -0.2) is 4.98 Å². The van der Waals surface area contributed by atoms with E-state index < -0.39 is 0 Å². The SMILES string of the molecule is CCc1cc2c(N3CCc4[nH]ncc4C3)nc(Cl)nc2s1. The first-order valence-corrected chi connectivity index (χ1v) is 8.16. The number of anilines is 1. The number of thiophene rings is 1. The van der Waals surface area contributed by atoms with Crippen molar-refractivity contribution in [1.29, 1.82) is 0 Å². The van der Waals surface area contributed by atoms with Crippen molar-refractivity contribution in [3.63, 3.8) is 0 Å². The Morgan fingerprint density at radius 1 is 1.43 bits per heavy atom. The van der Waals surface area contributed by atoms with Crippen molar-refractivity contribution < 1.29 is 0 Å². The Hall–Kier alpha value is -1.66. The van der Waals surface area contributed by atoms with Gasteiger partial charge < -0.3 is 4.90 Å². The van der Waals surface area contributed by atoms with Crippen molar-refractivity contribution in [2.24, 2.45) is 0 Å². The molecule has 21 heavy (non-hydrogen) atoms. The summed E-state index contributed by atoms with van der Waals surface area (Å²) in [5, 5.41) is 8.60. The van der Waals surface area contributed by atoms with E-state index in [-0.39, 0.29) is 0 Å². The lowest BCUT2D eigenvalue weighted by molar-refractivity contribution is 0.713. The summed E-state index contributed by atoms with van der Waals surface area (Å²) in [7, 11) is 0. The number of H-pyrrole nitrogens is 1. The molecule has 7 heteroatoms. The summed E-state index contributed by atoms with van der Waals surface area (Å²) in [6.45, 7) is 3.87. The Labute approximate surface area is 131 Å².